The number of carbonyl (C=O) groups is 2. The van der Waals surface area contributed by atoms with Gasteiger partial charge in [-0.25, -0.2) is 4.79 Å². The summed E-state index contributed by atoms with van der Waals surface area (Å²) < 4.78 is 17.2. The number of ether oxygens (including phenoxy) is 3. The molecule has 2 aliphatic heterocycles. The number of piperidine rings is 1. The lowest BCUT2D eigenvalue weighted by Gasteiger charge is -2.27. The van der Waals surface area contributed by atoms with Gasteiger partial charge in [0.05, 0.1) is 13.2 Å². The summed E-state index contributed by atoms with van der Waals surface area (Å²) in [5.41, 5.74) is 1.02. The molecule has 1 aromatic carbocycles. The molecule has 0 saturated carbocycles. The fraction of sp³-hybridized carbons (Fsp3) is 0.455. The quantitative estimate of drug-likeness (QED) is 0.702. The number of rotatable bonds is 6. The van der Waals surface area contributed by atoms with Gasteiger partial charge in [-0.1, -0.05) is 18.6 Å². The van der Waals surface area contributed by atoms with Crippen LogP contribution in [0.4, 0.5) is 5.00 Å². The van der Waals surface area contributed by atoms with Crippen molar-refractivity contribution < 1.29 is 23.8 Å². The topological polar surface area (TPSA) is 77.1 Å². The van der Waals surface area contributed by atoms with E-state index in [9.17, 15) is 9.59 Å². The molecule has 30 heavy (non-hydrogen) atoms. The Labute approximate surface area is 179 Å². The Kier molecular flexibility index (Phi) is 6.54. The average Bonchev–Trinajstić information content (AvgIpc) is 3.17. The highest BCUT2D eigenvalue weighted by Gasteiger charge is 2.31. The van der Waals surface area contributed by atoms with Gasteiger partial charge in [-0.05, 0) is 45.0 Å². The number of benzene rings is 1. The monoisotopic (exact) mass is 430 g/mol. The molecule has 1 unspecified atom stereocenters. The molecule has 0 aliphatic carbocycles. The third-order valence-electron chi connectivity index (χ3n) is 5.22. The Hall–Kier alpha value is -2.58. The number of amides is 1. The standard InChI is InChI=1S/C22H26N2O5S/c1-2-27-22(26)20-15(18-13-28-16-8-4-5-9-17(16)29-18)14-30-21(20)23-19(25)12-24-10-6-3-7-11-24/h4-5,8-9,14,18H,2-3,6-7,10-13H2,1H3,(H,23,25). The van der Waals surface area contributed by atoms with Gasteiger partial charge in [0.15, 0.2) is 17.6 Å². The number of hydrogen-bond donors (Lipinski definition) is 1. The zero-order valence-corrected chi connectivity index (χ0v) is 17.8. The van der Waals surface area contributed by atoms with Gasteiger partial charge in [0.25, 0.3) is 0 Å². The molecule has 2 aromatic rings. The Balaban J connectivity index is 1.53. The molecule has 3 heterocycles. The van der Waals surface area contributed by atoms with Gasteiger partial charge in [0.2, 0.25) is 5.91 Å². The third kappa shape index (κ3) is 4.60. The van der Waals surface area contributed by atoms with E-state index in [1.165, 1.54) is 17.8 Å². The Bertz CT molecular complexity index is 907. The van der Waals surface area contributed by atoms with E-state index >= 15 is 0 Å². The van der Waals surface area contributed by atoms with Crippen LogP contribution in [0.2, 0.25) is 0 Å². The second-order valence-corrected chi connectivity index (χ2v) is 8.24. The second-order valence-electron chi connectivity index (χ2n) is 7.36. The molecule has 1 aromatic heterocycles. The van der Waals surface area contributed by atoms with Gasteiger partial charge in [-0.15, -0.1) is 11.3 Å². The van der Waals surface area contributed by atoms with Crippen LogP contribution in [0.15, 0.2) is 29.6 Å². The van der Waals surface area contributed by atoms with Crippen LogP contribution in [0.25, 0.3) is 0 Å². The Morgan fingerprint density at radius 1 is 1.20 bits per heavy atom. The highest BCUT2D eigenvalue weighted by atomic mass is 32.1. The van der Waals surface area contributed by atoms with Crippen LogP contribution in [0.5, 0.6) is 11.5 Å². The zero-order chi connectivity index (χ0) is 20.9. The van der Waals surface area contributed by atoms with E-state index < -0.39 is 12.1 Å². The van der Waals surface area contributed by atoms with Crippen molar-refractivity contribution in [1.29, 1.82) is 0 Å². The molecule has 0 bridgehead atoms. The summed E-state index contributed by atoms with van der Waals surface area (Å²) in [7, 11) is 0. The maximum absolute atomic E-state index is 12.7. The minimum absolute atomic E-state index is 0.123. The number of carbonyl (C=O) groups excluding carboxylic acids is 2. The lowest BCUT2D eigenvalue weighted by atomic mass is 10.1. The Morgan fingerprint density at radius 3 is 2.73 bits per heavy atom. The van der Waals surface area contributed by atoms with Gasteiger partial charge in [-0.3, -0.25) is 9.69 Å². The van der Waals surface area contributed by atoms with Crippen LogP contribution >= 0.6 is 11.3 Å². The van der Waals surface area contributed by atoms with E-state index in [1.807, 2.05) is 29.6 Å². The number of hydrogen-bond acceptors (Lipinski definition) is 7. The maximum atomic E-state index is 12.7. The zero-order valence-electron chi connectivity index (χ0n) is 17.0. The minimum atomic E-state index is -0.468. The summed E-state index contributed by atoms with van der Waals surface area (Å²) in [5.74, 6) is 0.716. The molecule has 7 nitrogen and oxygen atoms in total. The van der Waals surface area contributed by atoms with Crippen LogP contribution in [0, 0.1) is 0 Å². The minimum Gasteiger partial charge on any atom is -0.485 e. The first-order valence-electron chi connectivity index (χ1n) is 10.3. The molecule has 2 aliphatic rings. The van der Waals surface area contributed by atoms with E-state index in [-0.39, 0.29) is 19.1 Å². The van der Waals surface area contributed by atoms with Crippen molar-refractivity contribution in [3.63, 3.8) is 0 Å². The number of esters is 1. The van der Waals surface area contributed by atoms with Crippen molar-refractivity contribution in [1.82, 2.24) is 4.90 Å². The summed E-state index contributed by atoms with van der Waals surface area (Å²) in [6.45, 7) is 4.48. The SMILES string of the molecule is CCOC(=O)c1c(C2COc3ccccc3O2)csc1NC(=O)CN1CCCCC1. The van der Waals surface area contributed by atoms with Crippen molar-refractivity contribution in [3.05, 3.63) is 40.8 Å². The highest BCUT2D eigenvalue weighted by Crippen LogP contribution is 2.40. The molecule has 1 N–H and O–H groups in total. The molecule has 1 fully saturated rings. The molecule has 8 heteroatoms. The van der Waals surface area contributed by atoms with Crippen molar-refractivity contribution >= 4 is 28.2 Å². The van der Waals surface area contributed by atoms with E-state index in [0.29, 0.717) is 34.2 Å². The summed E-state index contributed by atoms with van der Waals surface area (Å²) in [6, 6.07) is 7.43. The molecule has 1 saturated heterocycles. The van der Waals surface area contributed by atoms with E-state index in [4.69, 9.17) is 14.2 Å². The van der Waals surface area contributed by atoms with Crippen molar-refractivity contribution in [3.8, 4) is 11.5 Å². The third-order valence-corrected chi connectivity index (χ3v) is 6.14. The maximum Gasteiger partial charge on any atom is 0.341 e. The van der Waals surface area contributed by atoms with Gasteiger partial charge < -0.3 is 19.5 Å². The number of para-hydroxylation sites is 2. The van der Waals surface area contributed by atoms with E-state index in [0.717, 1.165) is 25.9 Å². The predicted octanol–water partition coefficient (Wildman–Crippen LogP) is 3.86. The van der Waals surface area contributed by atoms with Gasteiger partial charge in [-0.2, -0.15) is 0 Å². The molecular weight excluding hydrogens is 404 g/mol. The predicted molar refractivity (Wildman–Crippen MR) is 115 cm³/mol. The molecular formula is C22H26N2O5S. The van der Waals surface area contributed by atoms with Crippen LogP contribution in [0.1, 0.15) is 48.2 Å². The Morgan fingerprint density at radius 2 is 1.97 bits per heavy atom. The van der Waals surface area contributed by atoms with Crippen molar-refractivity contribution in [2.45, 2.75) is 32.3 Å². The number of nitrogens with zero attached hydrogens (tertiary/aromatic N) is 1. The first-order chi connectivity index (χ1) is 14.7. The molecule has 1 atom stereocenters. The van der Waals surface area contributed by atoms with Crippen LogP contribution in [0.3, 0.4) is 0 Å². The first-order valence-corrected chi connectivity index (χ1v) is 11.2. The molecule has 4 rings (SSSR count). The van der Waals surface area contributed by atoms with Crippen LogP contribution in [-0.4, -0.2) is 49.6 Å². The van der Waals surface area contributed by atoms with Gasteiger partial charge >= 0.3 is 5.97 Å². The van der Waals surface area contributed by atoms with Gasteiger partial charge in [0.1, 0.15) is 17.2 Å². The van der Waals surface area contributed by atoms with Crippen LogP contribution < -0.4 is 14.8 Å². The average molecular weight is 431 g/mol. The molecule has 1 amide bonds. The fourth-order valence-electron chi connectivity index (χ4n) is 3.77. The summed E-state index contributed by atoms with van der Waals surface area (Å²) in [4.78, 5) is 27.5. The normalized spacial score (nSPS) is 18.6. The fourth-order valence-corrected chi connectivity index (χ4v) is 4.78. The molecule has 0 spiro atoms. The summed E-state index contributed by atoms with van der Waals surface area (Å²) in [5, 5.41) is 5.25. The van der Waals surface area contributed by atoms with Crippen LogP contribution in [-0.2, 0) is 9.53 Å². The molecule has 160 valence electrons. The first kappa shape index (κ1) is 20.7. The number of nitrogens with one attached hydrogen (secondary N) is 1. The van der Waals surface area contributed by atoms with Gasteiger partial charge in [0, 0.05) is 10.9 Å². The highest BCUT2D eigenvalue weighted by molar-refractivity contribution is 7.15. The lowest BCUT2D eigenvalue weighted by Crippen LogP contribution is -2.37. The number of fused-ring (bicyclic) bond motifs is 1. The van der Waals surface area contributed by atoms with Crippen molar-refractivity contribution in [2.24, 2.45) is 0 Å². The smallest absolute Gasteiger partial charge is 0.341 e. The number of anilines is 1. The number of likely N-dealkylation sites (tertiary alicyclic amines) is 1. The molecule has 0 radical (unpaired) electrons. The van der Waals surface area contributed by atoms with E-state index in [1.54, 1.807) is 6.92 Å². The van der Waals surface area contributed by atoms with Crippen molar-refractivity contribution in [2.75, 3.05) is 38.2 Å². The summed E-state index contributed by atoms with van der Waals surface area (Å²) in [6.07, 6.45) is 2.99. The lowest BCUT2D eigenvalue weighted by molar-refractivity contribution is -0.117. The van der Waals surface area contributed by atoms with E-state index in [2.05, 4.69) is 10.2 Å². The second kappa shape index (κ2) is 9.49. The number of thiophene rings is 1. The summed E-state index contributed by atoms with van der Waals surface area (Å²) >= 11 is 1.31. The largest absolute Gasteiger partial charge is 0.485 e.